The molecule has 0 radical (unpaired) electrons. The SMILES string of the molecule is CC(C)C[C@H](NC(=O)[C@H](C)NC(=O)[C@H](CCCN=C(N)N)NC(=O)[C@@H]1CCCN1C(=O)[C@H](CC(C)C)NC(=O)[C@H](Cc1cnc[nH]1)NC(=O)[C@@H]1CCCN1C(=O)[C@H](Cc1cnc[nH]1)NC(=O)[C@@H](NC(=O)[C@@H](NC(=O)[C@@H](N)CC(=O)O)C(C)C)[C@@H](C)O)C(=O)N[C@@H](CCCCN)C(=O)O. The fraction of sp³-hybridized carbons (Fsp3) is 0.677. The van der Waals surface area contributed by atoms with E-state index in [1.807, 2.05) is 0 Å². The fourth-order valence-electron chi connectivity index (χ4n) is 11.3. The predicted octanol–water partition coefficient (Wildman–Crippen LogP) is -4.52. The van der Waals surface area contributed by atoms with Crippen molar-refractivity contribution in [1.29, 1.82) is 0 Å². The summed E-state index contributed by atoms with van der Waals surface area (Å²) in [4.78, 5) is 199. The Kier molecular flexibility index (Phi) is 32.9. The van der Waals surface area contributed by atoms with E-state index in [4.69, 9.17) is 28.0 Å². The quantitative estimate of drug-likeness (QED) is 0.0169. The molecule has 13 atom stereocenters. The van der Waals surface area contributed by atoms with Crippen molar-refractivity contribution < 1.29 is 77.6 Å². The van der Waals surface area contributed by atoms with Crippen molar-refractivity contribution in [3.8, 4) is 0 Å². The van der Waals surface area contributed by atoms with Gasteiger partial charge in [0.05, 0.1) is 31.2 Å². The number of carbonyl (C=O) groups is 13. The third-order valence-corrected chi connectivity index (χ3v) is 16.5. The van der Waals surface area contributed by atoms with Gasteiger partial charge in [-0.2, -0.15) is 0 Å². The fourth-order valence-corrected chi connectivity index (χ4v) is 11.3. The molecule has 2 aliphatic heterocycles. The van der Waals surface area contributed by atoms with Crippen LogP contribution in [0.25, 0.3) is 0 Å². The predicted molar refractivity (Wildman–Crippen MR) is 353 cm³/mol. The Morgan fingerprint density at radius 1 is 0.561 bits per heavy atom. The van der Waals surface area contributed by atoms with Gasteiger partial charge in [0.15, 0.2) is 5.96 Å². The van der Waals surface area contributed by atoms with Gasteiger partial charge in [0.2, 0.25) is 65.0 Å². The van der Waals surface area contributed by atoms with Crippen LogP contribution in [0.4, 0.5) is 0 Å². The van der Waals surface area contributed by atoms with Gasteiger partial charge in [0, 0.05) is 56.3 Å². The van der Waals surface area contributed by atoms with Crippen LogP contribution in [-0.2, 0) is 75.2 Å². The van der Waals surface area contributed by atoms with Crippen LogP contribution in [0.2, 0.25) is 0 Å². The summed E-state index contributed by atoms with van der Waals surface area (Å²) in [6, 6.07) is -16.2. The highest BCUT2D eigenvalue weighted by Gasteiger charge is 2.44. The topological polar surface area (TPSA) is 571 Å². The molecule has 0 unspecified atom stereocenters. The number of nitrogens with one attached hydrogen (secondary N) is 11. The first kappa shape index (κ1) is 81.1. The van der Waals surface area contributed by atoms with E-state index < -0.39 is 168 Å². The molecular formula is C62H102N20O16. The molecule has 2 aromatic rings. The molecule has 36 heteroatoms. The van der Waals surface area contributed by atoms with Crippen LogP contribution in [0.5, 0.6) is 0 Å². The number of aromatic nitrogens is 4. The second-order valence-corrected chi connectivity index (χ2v) is 26.0. The van der Waals surface area contributed by atoms with Gasteiger partial charge in [-0.1, -0.05) is 41.5 Å². The lowest BCUT2D eigenvalue weighted by Crippen LogP contribution is -2.62. The Hall–Kier alpha value is -9.32. The van der Waals surface area contributed by atoms with Crippen molar-refractivity contribution in [3.63, 3.8) is 0 Å². The number of carboxylic acids is 2. The summed E-state index contributed by atoms with van der Waals surface area (Å²) in [6.45, 7) is 13.3. The average Bonchev–Trinajstić information content (AvgIpc) is 1.60. The molecule has 0 aromatic carbocycles. The number of H-pyrrole nitrogens is 2. The number of aliphatic hydroxyl groups excluding tert-OH is 1. The number of aromatic amines is 2. The van der Waals surface area contributed by atoms with Gasteiger partial charge in [0.25, 0.3) is 0 Å². The number of likely N-dealkylation sites (tertiary alicyclic amines) is 2. The summed E-state index contributed by atoms with van der Waals surface area (Å²) in [6.07, 6.45) is 4.97. The van der Waals surface area contributed by atoms with Gasteiger partial charge in [0.1, 0.15) is 66.5 Å². The molecule has 98 heavy (non-hydrogen) atoms. The third kappa shape index (κ3) is 25.9. The Morgan fingerprint density at radius 3 is 1.53 bits per heavy atom. The summed E-state index contributed by atoms with van der Waals surface area (Å²) in [5.41, 5.74) is 23.1. The highest BCUT2D eigenvalue weighted by molar-refractivity contribution is 6.00. The number of guanidine groups is 1. The van der Waals surface area contributed by atoms with Crippen LogP contribution in [0, 0.1) is 17.8 Å². The number of carboxylic acid groups (broad SMARTS) is 2. The van der Waals surface area contributed by atoms with E-state index >= 15 is 0 Å². The highest BCUT2D eigenvalue weighted by atomic mass is 16.4. The first-order valence-corrected chi connectivity index (χ1v) is 33.2. The average molecular weight is 1380 g/mol. The molecule has 0 spiro atoms. The largest absolute Gasteiger partial charge is 0.481 e. The van der Waals surface area contributed by atoms with E-state index in [1.54, 1.807) is 41.5 Å². The Labute approximate surface area is 568 Å². The van der Waals surface area contributed by atoms with Gasteiger partial charge in [-0.05, 0) is 109 Å². The molecule has 2 aromatic heterocycles. The molecule has 546 valence electrons. The molecule has 2 fully saturated rings. The van der Waals surface area contributed by atoms with Crippen LogP contribution in [-0.4, -0.2) is 233 Å². The molecule has 11 amide bonds. The van der Waals surface area contributed by atoms with Crippen LogP contribution in [0.15, 0.2) is 30.0 Å². The van der Waals surface area contributed by atoms with Crippen molar-refractivity contribution >= 4 is 82.9 Å². The maximum absolute atomic E-state index is 14.9. The zero-order valence-corrected chi connectivity index (χ0v) is 57.0. The van der Waals surface area contributed by atoms with E-state index in [1.165, 1.54) is 48.7 Å². The van der Waals surface area contributed by atoms with Gasteiger partial charge in [-0.15, -0.1) is 0 Å². The molecule has 2 aliphatic rings. The van der Waals surface area contributed by atoms with Crippen molar-refractivity contribution in [2.75, 3.05) is 26.2 Å². The molecule has 2 saturated heterocycles. The highest BCUT2D eigenvalue weighted by Crippen LogP contribution is 2.24. The number of hydrogen-bond donors (Lipinski definition) is 18. The first-order chi connectivity index (χ1) is 46.2. The maximum atomic E-state index is 14.9. The lowest BCUT2D eigenvalue weighted by Gasteiger charge is -2.32. The van der Waals surface area contributed by atoms with Gasteiger partial charge >= 0.3 is 11.9 Å². The minimum atomic E-state index is -1.73. The number of rotatable bonds is 41. The zero-order chi connectivity index (χ0) is 73.1. The molecule has 36 nitrogen and oxygen atoms in total. The van der Waals surface area contributed by atoms with E-state index in [2.05, 4.69) is 72.8 Å². The number of aliphatic imine (C=N–C) groups is 1. The number of nitrogens with zero attached hydrogens (tertiary/aromatic N) is 5. The molecule has 0 aliphatic carbocycles. The lowest BCUT2D eigenvalue weighted by atomic mass is 10.0. The van der Waals surface area contributed by atoms with Crippen LogP contribution in [0.1, 0.15) is 144 Å². The Bertz CT molecular complexity index is 3050. The van der Waals surface area contributed by atoms with E-state index in [0.717, 1.165) is 0 Å². The van der Waals surface area contributed by atoms with Crippen molar-refractivity contribution in [2.24, 2.45) is 45.7 Å². The minimum absolute atomic E-state index is 0.00552. The second-order valence-electron chi connectivity index (χ2n) is 26.0. The van der Waals surface area contributed by atoms with E-state index in [9.17, 15) is 72.5 Å². The first-order valence-electron chi connectivity index (χ1n) is 33.2. The summed E-state index contributed by atoms with van der Waals surface area (Å²) in [5.74, 6) is -12.9. The number of hydrogen-bond acceptors (Lipinski definition) is 19. The maximum Gasteiger partial charge on any atom is 0.326 e. The Morgan fingerprint density at radius 2 is 1.03 bits per heavy atom. The molecular weight excluding hydrogens is 1280 g/mol. The normalized spacial score (nSPS) is 17.9. The summed E-state index contributed by atoms with van der Waals surface area (Å²) in [7, 11) is 0. The number of aliphatic carboxylic acids is 2. The lowest BCUT2D eigenvalue weighted by molar-refractivity contribution is -0.144. The summed E-state index contributed by atoms with van der Waals surface area (Å²) in [5, 5.41) is 53.2. The van der Waals surface area contributed by atoms with E-state index in [0.29, 0.717) is 43.6 Å². The number of aliphatic hydroxyl groups is 1. The minimum Gasteiger partial charge on any atom is -0.481 e. The van der Waals surface area contributed by atoms with Crippen molar-refractivity contribution in [2.45, 2.75) is 224 Å². The summed E-state index contributed by atoms with van der Waals surface area (Å²) >= 11 is 0. The summed E-state index contributed by atoms with van der Waals surface area (Å²) < 4.78 is 0. The Balaban J connectivity index is 1.55. The van der Waals surface area contributed by atoms with E-state index in [-0.39, 0.29) is 95.2 Å². The standard InChI is InChI=1S/C62H102N20O16/c1-31(2)22-41(53(89)74-40(61(97)98)14-9-10-18-63)75-50(86)34(7)72-52(88)39(15-11-19-69-62(65)66)73-55(91)45-16-12-20-81(45)59(95)43(23-32(3)4)77-54(90)42(24-36-27-67-29-70-36)76-56(92)46-17-13-21-82(46)60(96)44(25-37-28-68-30-71-37)78-58(94)49(35(8)83)80-57(93)48(33(5)6)79-51(87)38(64)26-47(84)85/h27-35,38-46,48-49,83H,9-26,63-64H2,1-8H3,(H,67,70)(H,68,71)(H,72,88)(H,73,91)(H,74,89)(H,75,86)(H,76,92)(H,77,90)(H,78,94)(H,79,87)(H,80,93)(H,84,85)(H,97,98)(H4,65,66,69)/t34-,35+,38-,39-,40-,41-,42-,43-,44-,45-,46-,48-,49-/m0/s1. The number of carbonyl (C=O) groups excluding carboxylic acids is 11. The van der Waals surface area contributed by atoms with Crippen LogP contribution < -0.4 is 70.8 Å². The molecule has 0 saturated carbocycles. The number of imidazole rings is 2. The molecule has 4 heterocycles. The van der Waals surface area contributed by atoms with Crippen molar-refractivity contribution in [3.05, 3.63) is 36.4 Å². The van der Waals surface area contributed by atoms with Gasteiger partial charge in [-0.3, -0.25) is 62.5 Å². The van der Waals surface area contributed by atoms with Gasteiger partial charge < -0.3 is 106 Å². The van der Waals surface area contributed by atoms with Crippen LogP contribution in [0.3, 0.4) is 0 Å². The van der Waals surface area contributed by atoms with Crippen molar-refractivity contribution in [1.82, 2.24) is 77.6 Å². The second kappa shape index (κ2) is 39.8. The third-order valence-electron chi connectivity index (χ3n) is 16.5. The van der Waals surface area contributed by atoms with Crippen LogP contribution >= 0.6 is 0 Å². The molecule has 22 N–H and O–H groups in total. The molecule has 4 rings (SSSR count). The zero-order valence-electron chi connectivity index (χ0n) is 57.0. The number of amides is 11. The number of unbranched alkanes of at least 4 members (excludes halogenated alkanes) is 1. The smallest absolute Gasteiger partial charge is 0.326 e. The monoisotopic (exact) mass is 1380 g/mol. The number of nitrogens with two attached hydrogens (primary N) is 4. The molecule has 0 bridgehead atoms. The van der Waals surface area contributed by atoms with Gasteiger partial charge in [-0.25, -0.2) is 14.8 Å².